The lowest BCUT2D eigenvalue weighted by atomic mass is 10.2. The third-order valence-corrected chi connectivity index (χ3v) is 5.77. The van der Waals surface area contributed by atoms with Crippen molar-refractivity contribution in [1.29, 1.82) is 0 Å². The highest BCUT2D eigenvalue weighted by molar-refractivity contribution is 5.92. The molecule has 6 heteroatoms. The first-order valence-electron chi connectivity index (χ1n) is 10.1. The standard InChI is InChI=1S/C22H29N5O/c1-18-4-3-5-19(16-18)25-12-14-27(15-13-25)22(28)21-7-6-20(17-23-21)26-10-8-24(2)9-11-26/h3-7,16-17H,8-15H2,1-2H3. The van der Waals surface area contributed by atoms with Crippen LogP contribution in [0.4, 0.5) is 11.4 Å². The number of carbonyl (C=O) groups excluding carboxylic acids is 1. The van der Waals surface area contributed by atoms with Gasteiger partial charge in [0.05, 0.1) is 11.9 Å². The van der Waals surface area contributed by atoms with Gasteiger partial charge in [-0.25, -0.2) is 4.98 Å². The van der Waals surface area contributed by atoms with Gasteiger partial charge in [-0.05, 0) is 43.8 Å². The minimum Gasteiger partial charge on any atom is -0.368 e. The second kappa shape index (κ2) is 8.19. The number of hydrogen-bond donors (Lipinski definition) is 0. The Balaban J connectivity index is 1.35. The lowest BCUT2D eigenvalue weighted by Gasteiger charge is -2.36. The molecule has 0 unspecified atom stereocenters. The minimum absolute atomic E-state index is 0.0359. The van der Waals surface area contributed by atoms with Crippen LogP contribution in [-0.4, -0.2) is 80.1 Å². The maximum absolute atomic E-state index is 12.9. The van der Waals surface area contributed by atoms with Crippen LogP contribution in [0.3, 0.4) is 0 Å². The van der Waals surface area contributed by atoms with Crippen molar-refractivity contribution in [2.45, 2.75) is 6.92 Å². The van der Waals surface area contributed by atoms with Crippen molar-refractivity contribution < 1.29 is 4.79 Å². The number of likely N-dealkylation sites (N-methyl/N-ethyl adjacent to an activating group) is 1. The molecule has 0 aliphatic carbocycles. The number of carbonyl (C=O) groups is 1. The van der Waals surface area contributed by atoms with Crippen molar-refractivity contribution in [3.05, 3.63) is 53.9 Å². The Kier molecular flexibility index (Phi) is 5.48. The molecular formula is C22H29N5O. The molecule has 0 N–H and O–H groups in total. The second-order valence-corrected chi connectivity index (χ2v) is 7.81. The highest BCUT2D eigenvalue weighted by atomic mass is 16.2. The van der Waals surface area contributed by atoms with Gasteiger partial charge in [0.25, 0.3) is 5.91 Å². The monoisotopic (exact) mass is 379 g/mol. The number of rotatable bonds is 3. The third kappa shape index (κ3) is 4.12. The predicted octanol–water partition coefficient (Wildman–Crippen LogP) is 2.10. The molecule has 0 atom stereocenters. The van der Waals surface area contributed by atoms with Crippen LogP contribution in [-0.2, 0) is 0 Å². The second-order valence-electron chi connectivity index (χ2n) is 7.81. The Morgan fingerprint density at radius 3 is 2.18 bits per heavy atom. The van der Waals surface area contributed by atoms with Gasteiger partial charge in [-0.15, -0.1) is 0 Å². The first-order chi connectivity index (χ1) is 13.6. The number of aromatic nitrogens is 1. The largest absolute Gasteiger partial charge is 0.368 e. The Morgan fingerprint density at radius 2 is 1.54 bits per heavy atom. The lowest BCUT2D eigenvalue weighted by molar-refractivity contribution is 0.0741. The van der Waals surface area contributed by atoms with E-state index in [2.05, 4.69) is 57.9 Å². The fourth-order valence-corrected chi connectivity index (χ4v) is 3.92. The zero-order valence-corrected chi connectivity index (χ0v) is 16.8. The molecule has 1 aromatic carbocycles. The van der Waals surface area contributed by atoms with E-state index in [0.717, 1.165) is 58.0 Å². The van der Waals surface area contributed by atoms with Gasteiger partial charge in [-0.1, -0.05) is 12.1 Å². The van der Waals surface area contributed by atoms with E-state index in [1.165, 1.54) is 11.3 Å². The summed E-state index contributed by atoms with van der Waals surface area (Å²) in [6.45, 7) is 9.42. The number of hydrogen-bond acceptors (Lipinski definition) is 5. The minimum atomic E-state index is 0.0359. The number of benzene rings is 1. The van der Waals surface area contributed by atoms with Gasteiger partial charge in [0.1, 0.15) is 5.69 Å². The van der Waals surface area contributed by atoms with E-state index >= 15 is 0 Å². The summed E-state index contributed by atoms with van der Waals surface area (Å²) in [4.78, 5) is 26.3. The van der Waals surface area contributed by atoms with Crippen LogP contribution in [0.2, 0.25) is 0 Å². The number of nitrogens with zero attached hydrogens (tertiary/aromatic N) is 5. The Morgan fingerprint density at radius 1 is 0.857 bits per heavy atom. The van der Waals surface area contributed by atoms with E-state index in [9.17, 15) is 4.79 Å². The number of anilines is 2. The van der Waals surface area contributed by atoms with Crippen LogP contribution in [0.15, 0.2) is 42.6 Å². The van der Waals surface area contributed by atoms with Gasteiger partial charge >= 0.3 is 0 Å². The van der Waals surface area contributed by atoms with Crippen molar-refractivity contribution >= 4 is 17.3 Å². The van der Waals surface area contributed by atoms with E-state index in [0.29, 0.717) is 5.69 Å². The van der Waals surface area contributed by atoms with E-state index in [1.807, 2.05) is 23.2 Å². The average molecular weight is 380 g/mol. The number of pyridine rings is 1. The number of amides is 1. The van der Waals surface area contributed by atoms with Crippen molar-refractivity contribution in [2.75, 3.05) is 69.2 Å². The molecule has 2 aliphatic heterocycles. The SMILES string of the molecule is Cc1cccc(N2CCN(C(=O)c3ccc(N4CCN(C)CC4)cn3)CC2)c1. The zero-order valence-electron chi connectivity index (χ0n) is 16.8. The molecule has 3 heterocycles. The van der Waals surface area contributed by atoms with Gasteiger partial charge in [0.2, 0.25) is 0 Å². The number of aryl methyl sites for hydroxylation is 1. The molecular weight excluding hydrogens is 350 g/mol. The zero-order chi connectivity index (χ0) is 19.5. The molecule has 0 radical (unpaired) electrons. The molecule has 0 spiro atoms. The maximum Gasteiger partial charge on any atom is 0.272 e. The van der Waals surface area contributed by atoms with E-state index < -0.39 is 0 Å². The van der Waals surface area contributed by atoms with E-state index in [1.54, 1.807) is 0 Å². The smallest absolute Gasteiger partial charge is 0.272 e. The summed E-state index contributed by atoms with van der Waals surface area (Å²) in [6.07, 6.45) is 1.85. The molecule has 1 aromatic heterocycles. The molecule has 6 nitrogen and oxygen atoms in total. The Labute approximate surface area is 167 Å². The summed E-state index contributed by atoms with van der Waals surface area (Å²) in [5.74, 6) is 0.0359. The van der Waals surface area contributed by atoms with Gasteiger partial charge in [0, 0.05) is 58.0 Å². The van der Waals surface area contributed by atoms with Crippen LogP contribution in [0.25, 0.3) is 0 Å². The molecule has 28 heavy (non-hydrogen) atoms. The number of piperazine rings is 2. The van der Waals surface area contributed by atoms with Crippen molar-refractivity contribution in [2.24, 2.45) is 0 Å². The molecule has 4 rings (SSSR count). The van der Waals surface area contributed by atoms with E-state index in [4.69, 9.17) is 0 Å². The molecule has 148 valence electrons. The molecule has 2 aliphatic rings. The summed E-state index contributed by atoms with van der Waals surface area (Å²) in [7, 11) is 2.15. The van der Waals surface area contributed by atoms with Gasteiger partial charge in [-0.2, -0.15) is 0 Å². The molecule has 0 saturated carbocycles. The highest BCUT2D eigenvalue weighted by Gasteiger charge is 2.23. The normalized spacial score (nSPS) is 18.4. The third-order valence-electron chi connectivity index (χ3n) is 5.77. The lowest BCUT2D eigenvalue weighted by Crippen LogP contribution is -2.49. The molecule has 2 aromatic rings. The topological polar surface area (TPSA) is 42.9 Å². The van der Waals surface area contributed by atoms with Crippen LogP contribution < -0.4 is 9.80 Å². The summed E-state index contributed by atoms with van der Waals surface area (Å²) >= 11 is 0. The molecule has 2 fully saturated rings. The highest BCUT2D eigenvalue weighted by Crippen LogP contribution is 2.19. The Hall–Kier alpha value is -2.60. The van der Waals surface area contributed by atoms with Gasteiger partial charge in [0.15, 0.2) is 0 Å². The average Bonchev–Trinajstić information content (AvgIpc) is 2.74. The summed E-state index contributed by atoms with van der Waals surface area (Å²) < 4.78 is 0. The van der Waals surface area contributed by atoms with Crippen molar-refractivity contribution in [3.8, 4) is 0 Å². The van der Waals surface area contributed by atoms with Crippen molar-refractivity contribution in [3.63, 3.8) is 0 Å². The quantitative estimate of drug-likeness (QED) is 0.817. The van der Waals surface area contributed by atoms with Crippen LogP contribution in [0, 0.1) is 6.92 Å². The Bertz CT molecular complexity index is 806. The fourth-order valence-electron chi connectivity index (χ4n) is 3.92. The van der Waals surface area contributed by atoms with Crippen LogP contribution in [0.1, 0.15) is 16.1 Å². The molecule has 1 amide bonds. The first kappa shape index (κ1) is 18.7. The molecule has 0 bridgehead atoms. The maximum atomic E-state index is 12.9. The molecule has 2 saturated heterocycles. The summed E-state index contributed by atoms with van der Waals surface area (Å²) in [5, 5.41) is 0. The van der Waals surface area contributed by atoms with Gasteiger partial charge in [-0.3, -0.25) is 4.79 Å². The van der Waals surface area contributed by atoms with Crippen LogP contribution >= 0.6 is 0 Å². The summed E-state index contributed by atoms with van der Waals surface area (Å²) in [6, 6.07) is 12.5. The predicted molar refractivity (Wildman–Crippen MR) is 113 cm³/mol. The van der Waals surface area contributed by atoms with Gasteiger partial charge < -0.3 is 19.6 Å². The first-order valence-corrected chi connectivity index (χ1v) is 10.1. The summed E-state index contributed by atoms with van der Waals surface area (Å²) in [5.41, 5.74) is 4.15. The fraction of sp³-hybridized carbons (Fsp3) is 0.455. The van der Waals surface area contributed by atoms with E-state index in [-0.39, 0.29) is 5.91 Å². The van der Waals surface area contributed by atoms with Crippen molar-refractivity contribution in [1.82, 2.24) is 14.8 Å². The van der Waals surface area contributed by atoms with Crippen LogP contribution in [0.5, 0.6) is 0 Å².